The topological polar surface area (TPSA) is 236 Å². The number of rotatable bonds is 21. The molecule has 4 unspecified atom stereocenters. The van der Waals surface area contributed by atoms with E-state index in [0.717, 1.165) is 0 Å². The average molecular weight is 899 g/mol. The molecular formula is C44H66N8O10S. The zero-order valence-corrected chi connectivity index (χ0v) is 38.3. The lowest BCUT2D eigenvalue weighted by Gasteiger charge is -2.49. The Labute approximate surface area is 371 Å². The summed E-state index contributed by atoms with van der Waals surface area (Å²) in [5.74, 6) is -2.46. The summed E-state index contributed by atoms with van der Waals surface area (Å²) >= 11 is 0. The van der Waals surface area contributed by atoms with Crippen LogP contribution < -0.4 is 26.6 Å². The van der Waals surface area contributed by atoms with Gasteiger partial charge < -0.3 is 41.3 Å². The molecule has 2 aliphatic rings. The second-order valence-electron chi connectivity index (χ2n) is 18.2. The first-order valence-corrected chi connectivity index (χ1v) is 22.9. The van der Waals surface area contributed by atoms with E-state index in [0.29, 0.717) is 50.0 Å². The number of amides is 6. The zero-order valence-electron chi connectivity index (χ0n) is 37.5. The number of unbranched alkanes of at least 4 members (excludes halogenated alkanes) is 1. The first-order chi connectivity index (χ1) is 29.6. The SMILES string of the molecule is CC(C)CC(NC(=O)C(Cc1ccccc1)NC(=O)C(Cc1ccccc1)NC(=O)O)C(=O)NC(CCCCNC(=O)OC(C)(C)C)C(=O)N1CC2(CCN(S(=O)(=O)N(C)C)C2)C1. The molecule has 4 rings (SSSR count). The maximum absolute atomic E-state index is 14.3. The monoisotopic (exact) mass is 898 g/mol. The van der Waals surface area contributed by atoms with Crippen molar-refractivity contribution in [2.45, 2.75) is 109 Å². The van der Waals surface area contributed by atoms with E-state index < -0.39 is 75.3 Å². The summed E-state index contributed by atoms with van der Waals surface area (Å²) < 4.78 is 33.6. The number of carbonyl (C=O) groups is 6. The highest BCUT2D eigenvalue weighted by Gasteiger charge is 2.52. The number of hydrogen-bond donors (Lipinski definition) is 6. The fraction of sp³-hybridized carbons (Fsp3) is 0.591. The molecule has 2 aromatic carbocycles. The van der Waals surface area contributed by atoms with Gasteiger partial charge in [0.15, 0.2) is 0 Å². The summed E-state index contributed by atoms with van der Waals surface area (Å²) in [6.07, 6.45) is -0.0598. The molecule has 2 fully saturated rings. The molecule has 19 heteroatoms. The number of benzene rings is 2. The van der Waals surface area contributed by atoms with Crippen molar-refractivity contribution in [3.8, 4) is 0 Å². The molecule has 0 aliphatic carbocycles. The van der Waals surface area contributed by atoms with E-state index in [2.05, 4.69) is 26.6 Å². The molecule has 63 heavy (non-hydrogen) atoms. The smallest absolute Gasteiger partial charge is 0.407 e. The van der Waals surface area contributed by atoms with Gasteiger partial charge in [-0.05, 0) is 69.9 Å². The predicted octanol–water partition coefficient (Wildman–Crippen LogP) is 2.64. The molecule has 2 aliphatic heterocycles. The van der Waals surface area contributed by atoms with Gasteiger partial charge >= 0.3 is 12.2 Å². The second-order valence-corrected chi connectivity index (χ2v) is 20.3. The van der Waals surface area contributed by atoms with E-state index in [1.165, 1.54) is 22.7 Å². The highest BCUT2D eigenvalue weighted by molar-refractivity contribution is 7.86. The van der Waals surface area contributed by atoms with Crippen LogP contribution in [0.3, 0.4) is 0 Å². The maximum Gasteiger partial charge on any atom is 0.407 e. The van der Waals surface area contributed by atoms with Crippen molar-refractivity contribution >= 4 is 46.0 Å². The van der Waals surface area contributed by atoms with E-state index in [9.17, 15) is 42.3 Å². The van der Waals surface area contributed by atoms with Gasteiger partial charge in [0.05, 0.1) is 0 Å². The number of nitrogens with zero attached hydrogens (tertiary/aromatic N) is 3. The normalized spacial score (nSPS) is 16.9. The molecule has 6 amide bonds. The van der Waals surface area contributed by atoms with Crippen LogP contribution in [-0.4, -0.2) is 139 Å². The molecule has 0 aromatic heterocycles. The third kappa shape index (κ3) is 15.5. The molecular weight excluding hydrogens is 833 g/mol. The van der Waals surface area contributed by atoms with Crippen molar-refractivity contribution in [3.05, 3.63) is 71.8 Å². The van der Waals surface area contributed by atoms with Gasteiger partial charge in [0, 0.05) is 65.1 Å². The second kappa shape index (κ2) is 22.4. The highest BCUT2D eigenvalue weighted by atomic mass is 32.2. The van der Waals surface area contributed by atoms with Crippen molar-refractivity contribution < 1.29 is 47.0 Å². The predicted molar refractivity (Wildman–Crippen MR) is 236 cm³/mol. The highest BCUT2D eigenvalue weighted by Crippen LogP contribution is 2.41. The number of hydrogen-bond acceptors (Lipinski definition) is 9. The van der Waals surface area contributed by atoms with Crippen LogP contribution in [0.25, 0.3) is 0 Å². The molecule has 6 N–H and O–H groups in total. The van der Waals surface area contributed by atoms with Gasteiger partial charge in [-0.1, -0.05) is 74.5 Å². The molecule has 2 heterocycles. The minimum absolute atomic E-state index is 0.0229. The Morgan fingerprint density at radius 1 is 0.762 bits per heavy atom. The van der Waals surface area contributed by atoms with E-state index in [4.69, 9.17) is 4.74 Å². The number of nitrogens with one attached hydrogen (secondary N) is 5. The summed E-state index contributed by atoms with van der Waals surface area (Å²) in [6, 6.07) is 13.2. The fourth-order valence-electron chi connectivity index (χ4n) is 7.74. The Kier molecular flexibility index (Phi) is 17.9. The van der Waals surface area contributed by atoms with Crippen molar-refractivity contribution in [2.75, 3.05) is 46.8 Å². The van der Waals surface area contributed by atoms with Crippen LogP contribution in [0.15, 0.2) is 60.7 Å². The van der Waals surface area contributed by atoms with E-state index in [-0.39, 0.29) is 50.6 Å². The molecule has 0 bridgehead atoms. The van der Waals surface area contributed by atoms with Gasteiger partial charge in [0.25, 0.3) is 10.2 Å². The number of ether oxygens (including phenoxy) is 1. The van der Waals surface area contributed by atoms with Crippen LogP contribution in [0, 0.1) is 11.3 Å². The molecule has 2 aromatic rings. The molecule has 4 atom stereocenters. The van der Waals surface area contributed by atoms with Crippen molar-refractivity contribution in [1.29, 1.82) is 0 Å². The number of alkyl carbamates (subject to hydrolysis) is 1. The molecule has 348 valence electrons. The summed E-state index contributed by atoms with van der Waals surface area (Å²) in [6.45, 7) is 10.5. The van der Waals surface area contributed by atoms with Gasteiger partial charge in [-0.3, -0.25) is 19.2 Å². The lowest BCUT2D eigenvalue weighted by molar-refractivity contribution is -0.147. The molecule has 1 spiro atoms. The third-order valence-electron chi connectivity index (χ3n) is 10.9. The van der Waals surface area contributed by atoms with E-state index >= 15 is 0 Å². The quantitative estimate of drug-likeness (QED) is 0.100. The summed E-state index contributed by atoms with van der Waals surface area (Å²) in [5.41, 5.74) is 0.322. The Morgan fingerprint density at radius 2 is 1.27 bits per heavy atom. The number of likely N-dealkylation sites (tertiary alicyclic amines) is 1. The molecule has 0 saturated carbocycles. The van der Waals surface area contributed by atoms with Gasteiger partial charge in [-0.15, -0.1) is 0 Å². The molecule has 2 saturated heterocycles. The standard InChI is InChI=1S/C44H66N8O10S/c1-30(2)24-34(47-38(54)35(25-31-16-10-8-11-17-31)48-39(55)36(49-41(57)58)26-32-18-12-9-13-19-32)37(53)46-33(20-14-15-22-45-42(59)62-43(3,4)5)40(56)51-27-44(28-51)21-23-52(29-44)63(60,61)50(6)7/h8-13,16-19,30,33-36,49H,14-15,20-29H2,1-7H3,(H,45,59)(H,46,53)(H,47,54)(H,48,55)(H,57,58). The molecule has 0 radical (unpaired) electrons. The number of carboxylic acid groups (broad SMARTS) is 1. The van der Waals surface area contributed by atoms with Crippen molar-refractivity contribution in [1.82, 2.24) is 40.1 Å². The summed E-state index contributed by atoms with van der Waals surface area (Å²) in [5, 5.41) is 23.0. The Hall–Kier alpha value is -5.27. The average Bonchev–Trinajstić information content (AvgIpc) is 3.65. The third-order valence-corrected chi connectivity index (χ3v) is 12.8. The fourth-order valence-corrected chi connectivity index (χ4v) is 8.96. The first-order valence-electron chi connectivity index (χ1n) is 21.5. The lowest BCUT2D eigenvalue weighted by atomic mass is 9.78. The minimum atomic E-state index is -3.63. The minimum Gasteiger partial charge on any atom is -0.465 e. The lowest BCUT2D eigenvalue weighted by Crippen LogP contribution is -2.64. The Balaban J connectivity index is 1.51. The van der Waals surface area contributed by atoms with Crippen LogP contribution in [0.5, 0.6) is 0 Å². The van der Waals surface area contributed by atoms with Gasteiger partial charge in [0.2, 0.25) is 23.6 Å². The van der Waals surface area contributed by atoms with Gasteiger partial charge in [-0.2, -0.15) is 17.0 Å². The zero-order chi connectivity index (χ0) is 46.5. The van der Waals surface area contributed by atoms with Crippen molar-refractivity contribution in [2.24, 2.45) is 11.3 Å². The van der Waals surface area contributed by atoms with Crippen LogP contribution >= 0.6 is 0 Å². The van der Waals surface area contributed by atoms with E-state index in [1.54, 1.807) is 86.3 Å². The molecule has 18 nitrogen and oxygen atoms in total. The van der Waals surface area contributed by atoms with Gasteiger partial charge in [-0.25, -0.2) is 9.59 Å². The van der Waals surface area contributed by atoms with Crippen LogP contribution in [0.1, 0.15) is 77.8 Å². The van der Waals surface area contributed by atoms with Gasteiger partial charge in [0.1, 0.15) is 29.8 Å². The van der Waals surface area contributed by atoms with Crippen molar-refractivity contribution in [3.63, 3.8) is 0 Å². The van der Waals surface area contributed by atoms with Crippen LogP contribution in [0.4, 0.5) is 9.59 Å². The number of carbonyl (C=O) groups excluding carboxylic acids is 5. The Morgan fingerprint density at radius 3 is 1.78 bits per heavy atom. The largest absolute Gasteiger partial charge is 0.465 e. The summed E-state index contributed by atoms with van der Waals surface area (Å²) in [7, 11) is -0.675. The van der Waals surface area contributed by atoms with Crippen LogP contribution in [-0.2, 0) is 47.0 Å². The summed E-state index contributed by atoms with van der Waals surface area (Å²) in [4.78, 5) is 82.0. The van der Waals surface area contributed by atoms with Crippen LogP contribution in [0.2, 0.25) is 0 Å². The maximum atomic E-state index is 14.3. The first kappa shape index (κ1) is 50.4. The Bertz CT molecular complexity index is 1990. The van der Waals surface area contributed by atoms with E-state index in [1.807, 2.05) is 13.8 Å².